The van der Waals surface area contributed by atoms with E-state index in [1.165, 1.54) is 14.0 Å². The Bertz CT molecular complexity index is 271. The maximum Gasteiger partial charge on any atom is 0.338 e. The third kappa shape index (κ3) is 4.55. The van der Waals surface area contributed by atoms with Crippen LogP contribution in [0, 0.1) is 5.92 Å². The molecule has 1 atom stereocenters. The summed E-state index contributed by atoms with van der Waals surface area (Å²) in [7, 11) is 1.30. The van der Waals surface area contributed by atoms with Crippen molar-refractivity contribution in [2.24, 2.45) is 5.92 Å². The zero-order valence-electron chi connectivity index (χ0n) is 12.0. The Labute approximate surface area is 110 Å². The quantitative estimate of drug-likeness (QED) is 0.713. The molecule has 1 aliphatic rings. The third-order valence-electron chi connectivity index (χ3n) is 3.24. The Morgan fingerprint density at radius 2 is 1.78 bits per heavy atom. The first-order valence-electron chi connectivity index (χ1n) is 6.60. The number of hydrogen-bond acceptors (Lipinski definition) is 5. The summed E-state index contributed by atoms with van der Waals surface area (Å²) in [6.45, 7) is 11.2. The predicted molar refractivity (Wildman–Crippen MR) is 70.4 cm³/mol. The molecule has 5 nitrogen and oxygen atoms in total. The molecule has 0 spiro atoms. The number of hydrogen-bond donors (Lipinski definition) is 1. The fourth-order valence-corrected chi connectivity index (χ4v) is 2.37. The van der Waals surface area contributed by atoms with Crippen molar-refractivity contribution in [1.29, 1.82) is 0 Å². The molecule has 1 saturated heterocycles. The van der Waals surface area contributed by atoms with Gasteiger partial charge in [-0.05, 0) is 12.8 Å². The summed E-state index contributed by atoms with van der Waals surface area (Å²) < 4.78 is 4.60. The molecule has 0 saturated carbocycles. The average Bonchev–Trinajstić information content (AvgIpc) is 2.29. The van der Waals surface area contributed by atoms with Crippen molar-refractivity contribution in [2.75, 3.05) is 46.4 Å². The van der Waals surface area contributed by atoms with E-state index in [2.05, 4.69) is 28.4 Å². The van der Waals surface area contributed by atoms with E-state index >= 15 is 0 Å². The lowest BCUT2D eigenvalue weighted by Gasteiger charge is -2.37. The molecule has 1 N–H and O–H groups in total. The Morgan fingerprint density at radius 1 is 1.28 bits per heavy atom. The highest BCUT2D eigenvalue weighted by atomic mass is 16.5. The molecule has 106 valence electrons. The summed E-state index contributed by atoms with van der Waals surface area (Å²) in [4.78, 5) is 16.0. The summed E-state index contributed by atoms with van der Waals surface area (Å²) >= 11 is 0. The van der Waals surface area contributed by atoms with Gasteiger partial charge in [0.2, 0.25) is 0 Å². The molecule has 1 heterocycles. The summed E-state index contributed by atoms with van der Waals surface area (Å²) in [6, 6.07) is 0. The van der Waals surface area contributed by atoms with Gasteiger partial charge < -0.3 is 14.7 Å². The van der Waals surface area contributed by atoms with Crippen molar-refractivity contribution in [3.63, 3.8) is 0 Å². The van der Waals surface area contributed by atoms with Crippen LogP contribution in [0.3, 0.4) is 0 Å². The molecular weight excluding hydrogens is 232 g/mol. The first-order valence-corrected chi connectivity index (χ1v) is 6.60. The standard InChI is InChI=1S/C13H26N2O3/c1-11(2)9-14-5-7-15(8-6-14)10-13(3,17)12(16)18-4/h11,17H,5-10H2,1-4H3. The third-order valence-corrected chi connectivity index (χ3v) is 3.24. The zero-order valence-corrected chi connectivity index (χ0v) is 12.0. The zero-order chi connectivity index (χ0) is 13.8. The number of ether oxygens (including phenoxy) is 1. The van der Waals surface area contributed by atoms with E-state index in [0.717, 1.165) is 32.7 Å². The molecule has 1 rings (SSSR count). The Kier molecular flexibility index (Phi) is 5.56. The van der Waals surface area contributed by atoms with Gasteiger partial charge in [0.05, 0.1) is 7.11 Å². The van der Waals surface area contributed by atoms with Gasteiger partial charge in [-0.25, -0.2) is 4.79 Å². The fourth-order valence-electron chi connectivity index (χ4n) is 2.37. The van der Waals surface area contributed by atoms with Crippen molar-refractivity contribution in [1.82, 2.24) is 9.80 Å². The fraction of sp³-hybridized carbons (Fsp3) is 0.923. The van der Waals surface area contributed by atoms with Crippen LogP contribution in [-0.2, 0) is 9.53 Å². The lowest BCUT2D eigenvalue weighted by molar-refractivity contribution is -0.162. The lowest BCUT2D eigenvalue weighted by atomic mass is 10.1. The van der Waals surface area contributed by atoms with Crippen molar-refractivity contribution in [3.05, 3.63) is 0 Å². The molecule has 0 aromatic heterocycles. The number of β-amino-alcohol motifs (C(OH)–C–C–N with tert-alkyl or cyclic N) is 1. The van der Waals surface area contributed by atoms with E-state index in [4.69, 9.17) is 0 Å². The summed E-state index contributed by atoms with van der Waals surface area (Å²) in [6.07, 6.45) is 0. The van der Waals surface area contributed by atoms with Gasteiger partial charge in [0.1, 0.15) is 0 Å². The second kappa shape index (κ2) is 6.50. The van der Waals surface area contributed by atoms with Gasteiger partial charge in [-0.3, -0.25) is 4.90 Å². The number of aliphatic hydroxyl groups is 1. The molecule has 1 aliphatic heterocycles. The molecule has 0 aromatic rings. The van der Waals surface area contributed by atoms with Crippen LogP contribution >= 0.6 is 0 Å². The van der Waals surface area contributed by atoms with Crippen molar-refractivity contribution < 1.29 is 14.6 Å². The molecule has 18 heavy (non-hydrogen) atoms. The van der Waals surface area contributed by atoms with Crippen LogP contribution in [0.5, 0.6) is 0 Å². The van der Waals surface area contributed by atoms with Crippen LogP contribution in [0.25, 0.3) is 0 Å². The van der Waals surface area contributed by atoms with Crippen LogP contribution in [-0.4, -0.2) is 72.9 Å². The van der Waals surface area contributed by atoms with E-state index in [1.54, 1.807) is 0 Å². The number of rotatable bonds is 5. The lowest BCUT2D eigenvalue weighted by Crippen LogP contribution is -2.54. The van der Waals surface area contributed by atoms with Gasteiger partial charge in [0, 0.05) is 39.3 Å². The second-order valence-electron chi connectivity index (χ2n) is 5.74. The van der Waals surface area contributed by atoms with Crippen molar-refractivity contribution in [2.45, 2.75) is 26.4 Å². The van der Waals surface area contributed by atoms with E-state index < -0.39 is 11.6 Å². The van der Waals surface area contributed by atoms with Gasteiger partial charge >= 0.3 is 5.97 Å². The number of esters is 1. The van der Waals surface area contributed by atoms with Crippen LogP contribution < -0.4 is 0 Å². The van der Waals surface area contributed by atoms with Gasteiger partial charge in [-0.1, -0.05) is 13.8 Å². The summed E-state index contributed by atoms with van der Waals surface area (Å²) in [5.41, 5.74) is -1.41. The Morgan fingerprint density at radius 3 is 2.22 bits per heavy atom. The normalized spacial score (nSPS) is 21.9. The van der Waals surface area contributed by atoms with E-state index in [9.17, 15) is 9.90 Å². The Balaban J connectivity index is 2.37. The maximum atomic E-state index is 11.4. The second-order valence-corrected chi connectivity index (χ2v) is 5.74. The molecular formula is C13H26N2O3. The number of carbonyl (C=O) groups excluding carboxylic acids is 1. The highest BCUT2D eigenvalue weighted by Gasteiger charge is 2.34. The predicted octanol–water partition coefficient (Wildman–Crippen LogP) is 0.184. The molecule has 0 radical (unpaired) electrons. The first-order chi connectivity index (χ1) is 8.35. The maximum absolute atomic E-state index is 11.4. The molecule has 5 heteroatoms. The molecule has 0 bridgehead atoms. The van der Waals surface area contributed by atoms with E-state index in [1.807, 2.05) is 0 Å². The van der Waals surface area contributed by atoms with Crippen LogP contribution in [0.4, 0.5) is 0 Å². The minimum atomic E-state index is -1.41. The minimum absolute atomic E-state index is 0.342. The number of piperazine rings is 1. The highest BCUT2D eigenvalue weighted by molar-refractivity contribution is 5.78. The molecule has 0 aliphatic carbocycles. The SMILES string of the molecule is COC(=O)C(C)(O)CN1CCN(CC(C)C)CC1. The largest absolute Gasteiger partial charge is 0.467 e. The topological polar surface area (TPSA) is 53.0 Å². The van der Waals surface area contributed by atoms with E-state index in [0.29, 0.717) is 12.5 Å². The Hall–Kier alpha value is -0.650. The minimum Gasteiger partial charge on any atom is -0.467 e. The molecule has 0 aromatic carbocycles. The monoisotopic (exact) mass is 258 g/mol. The van der Waals surface area contributed by atoms with Gasteiger partial charge in [-0.15, -0.1) is 0 Å². The van der Waals surface area contributed by atoms with Crippen LogP contribution in [0.1, 0.15) is 20.8 Å². The molecule has 1 unspecified atom stereocenters. The van der Waals surface area contributed by atoms with E-state index in [-0.39, 0.29) is 0 Å². The number of carbonyl (C=O) groups is 1. The average molecular weight is 258 g/mol. The van der Waals surface area contributed by atoms with Crippen molar-refractivity contribution in [3.8, 4) is 0 Å². The molecule has 1 fully saturated rings. The van der Waals surface area contributed by atoms with Gasteiger partial charge in [0.25, 0.3) is 0 Å². The van der Waals surface area contributed by atoms with Crippen molar-refractivity contribution >= 4 is 5.97 Å². The molecule has 0 amide bonds. The first kappa shape index (κ1) is 15.4. The smallest absolute Gasteiger partial charge is 0.338 e. The number of methoxy groups -OCH3 is 1. The van der Waals surface area contributed by atoms with Gasteiger partial charge in [-0.2, -0.15) is 0 Å². The highest BCUT2D eigenvalue weighted by Crippen LogP contribution is 2.12. The van der Waals surface area contributed by atoms with Gasteiger partial charge in [0.15, 0.2) is 5.60 Å². The summed E-state index contributed by atoms with van der Waals surface area (Å²) in [5, 5.41) is 10.0. The van der Waals surface area contributed by atoms with Crippen LogP contribution in [0.15, 0.2) is 0 Å². The number of nitrogens with zero attached hydrogens (tertiary/aromatic N) is 2. The summed E-state index contributed by atoms with van der Waals surface area (Å²) in [5.74, 6) is 0.113. The van der Waals surface area contributed by atoms with Crippen LogP contribution in [0.2, 0.25) is 0 Å².